The molecule has 0 saturated carbocycles. The summed E-state index contributed by atoms with van der Waals surface area (Å²) >= 11 is 0. The largest absolute Gasteiger partial charge is 0.469 e. The molecule has 0 aliphatic rings. The van der Waals surface area contributed by atoms with Crippen LogP contribution in [0.25, 0.3) is 0 Å². The quantitative estimate of drug-likeness (QED) is 0.816. The summed E-state index contributed by atoms with van der Waals surface area (Å²) in [5, 5.41) is 13.0. The lowest BCUT2D eigenvalue weighted by molar-refractivity contribution is -0.165. The highest BCUT2D eigenvalue weighted by atomic mass is 16.5. The number of hydrogen-bond acceptors (Lipinski definition) is 4. The van der Waals surface area contributed by atoms with Gasteiger partial charge in [0.25, 0.3) is 5.91 Å². The Morgan fingerprint density at radius 1 is 1.14 bits per heavy atom. The first-order chi connectivity index (χ1) is 9.64. The number of ether oxygens (including phenoxy) is 1. The number of amides is 1. The van der Waals surface area contributed by atoms with Gasteiger partial charge in [-0.2, -0.15) is 0 Å². The Morgan fingerprint density at radius 3 is 2.14 bits per heavy atom. The van der Waals surface area contributed by atoms with Crippen molar-refractivity contribution < 1.29 is 19.4 Å². The fourth-order valence-corrected chi connectivity index (χ4v) is 1.92. The van der Waals surface area contributed by atoms with E-state index in [2.05, 4.69) is 5.32 Å². The second-order valence-corrected chi connectivity index (χ2v) is 6.10. The fraction of sp³-hybridized carbons (Fsp3) is 0.500. The average Bonchev–Trinajstić information content (AvgIpc) is 2.46. The van der Waals surface area contributed by atoms with Crippen molar-refractivity contribution >= 4 is 17.6 Å². The molecule has 0 aromatic heterocycles. The van der Waals surface area contributed by atoms with Gasteiger partial charge in [0.15, 0.2) is 0 Å². The van der Waals surface area contributed by atoms with Gasteiger partial charge in [0.2, 0.25) is 0 Å². The summed E-state index contributed by atoms with van der Waals surface area (Å²) in [5.74, 6) is -1.03. The molecule has 0 aliphatic heterocycles. The Kier molecular flexibility index (Phi) is 5.12. The minimum absolute atomic E-state index is 0.473. The van der Waals surface area contributed by atoms with Crippen LogP contribution >= 0.6 is 0 Å². The third-order valence-electron chi connectivity index (χ3n) is 4.28. The monoisotopic (exact) mass is 293 g/mol. The smallest absolute Gasteiger partial charge is 0.311 e. The third kappa shape index (κ3) is 3.42. The Labute approximate surface area is 125 Å². The zero-order valence-electron chi connectivity index (χ0n) is 13.1. The van der Waals surface area contributed by atoms with Gasteiger partial charge >= 0.3 is 5.97 Å². The molecule has 0 heterocycles. The number of hydrogen-bond donors (Lipinski definition) is 2. The van der Waals surface area contributed by atoms with Crippen LogP contribution in [0, 0.1) is 10.8 Å². The summed E-state index contributed by atoms with van der Waals surface area (Å²) < 4.78 is 4.77. The van der Waals surface area contributed by atoms with E-state index in [4.69, 9.17) is 4.74 Å². The van der Waals surface area contributed by atoms with Crippen LogP contribution in [0.5, 0.6) is 0 Å². The maximum Gasteiger partial charge on any atom is 0.311 e. The highest BCUT2D eigenvalue weighted by Crippen LogP contribution is 2.42. The van der Waals surface area contributed by atoms with Gasteiger partial charge in [0.1, 0.15) is 6.10 Å². The molecule has 0 bridgehead atoms. The number of carbonyl (C=O) groups is 2. The van der Waals surface area contributed by atoms with E-state index in [9.17, 15) is 14.7 Å². The van der Waals surface area contributed by atoms with Crippen LogP contribution in [0.1, 0.15) is 27.7 Å². The number of para-hydroxylation sites is 1. The minimum atomic E-state index is -1.35. The van der Waals surface area contributed by atoms with E-state index in [0.717, 1.165) is 0 Å². The molecular formula is C16H23NO4. The van der Waals surface area contributed by atoms with Crippen molar-refractivity contribution in [3.8, 4) is 0 Å². The maximum absolute atomic E-state index is 12.2. The summed E-state index contributed by atoms with van der Waals surface area (Å²) in [6, 6.07) is 8.85. The van der Waals surface area contributed by atoms with E-state index >= 15 is 0 Å². The maximum atomic E-state index is 12.2. The van der Waals surface area contributed by atoms with Crippen molar-refractivity contribution in [1.29, 1.82) is 0 Å². The van der Waals surface area contributed by atoms with Crippen molar-refractivity contribution in [2.45, 2.75) is 33.8 Å². The molecule has 1 atom stereocenters. The molecule has 1 aromatic rings. The number of carbonyl (C=O) groups excluding carboxylic acids is 2. The summed E-state index contributed by atoms with van der Waals surface area (Å²) in [5.41, 5.74) is -1.43. The molecule has 0 fully saturated rings. The van der Waals surface area contributed by atoms with Crippen molar-refractivity contribution in [1.82, 2.24) is 0 Å². The van der Waals surface area contributed by atoms with Crippen LogP contribution in [-0.4, -0.2) is 30.2 Å². The standard InChI is InChI=1S/C16H23NO4/c1-15(2,16(3,4)14(20)21-5)12(18)13(19)17-11-9-7-6-8-10-11/h6-10,12,18H,1-5H3,(H,17,19). The number of aliphatic hydroxyl groups excluding tert-OH is 1. The normalized spacial score (nSPS) is 13.4. The van der Waals surface area contributed by atoms with Gasteiger partial charge in [-0.05, 0) is 26.0 Å². The van der Waals surface area contributed by atoms with Crippen molar-refractivity contribution in [3.63, 3.8) is 0 Å². The summed E-state index contributed by atoms with van der Waals surface area (Å²) in [7, 11) is 1.29. The van der Waals surface area contributed by atoms with Gasteiger partial charge in [-0.25, -0.2) is 0 Å². The van der Waals surface area contributed by atoms with Crippen LogP contribution in [-0.2, 0) is 14.3 Å². The van der Waals surface area contributed by atoms with Gasteiger partial charge in [-0.1, -0.05) is 32.0 Å². The van der Waals surface area contributed by atoms with Gasteiger partial charge in [0, 0.05) is 11.1 Å². The van der Waals surface area contributed by atoms with Crippen LogP contribution < -0.4 is 5.32 Å². The lowest BCUT2D eigenvalue weighted by Crippen LogP contribution is -2.52. The molecule has 0 spiro atoms. The molecule has 21 heavy (non-hydrogen) atoms. The van der Waals surface area contributed by atoms with Crippen LogP contribution in [0.3, 0.4) is 0 Å². The Hall–Kier alpha value is -1.88. The zero-order chi connectivity index (χ0) is 16.3. The van der Waals surface area contributed by atoms with Gasteiger partial charge in [-0.15, -0.1) is 0 Å². The van der Waals surface area contributed by atoms with Crippen molar-refractivity contribution in [3.05, 3.63) is 30.3 Å². The number of esters is 1. The second kappa shape index (κ2) is 6.26. The SMILES string of the molecule is COC(=O)C(C)(C)C(C)(C)C(O)C(=O)Nc1ccccc1. The molecule has 5 heteroatoms. The number of nitrogens with one attached hydrogen (secondary N) is 1. The second-order valence-electron chi connectivity index (χ2n) is 6.10. The number of anilines is 1. The van der Waals surface area contributed by atoms with Crippen LogP contribution in [0.4, 0.5) is 5.69 Å². The minimum Gasteiger partial charge on any atom is -0.469 e. The van der Waals surface area contributed by atoms with E-state index in [1.807, 2.05) is 6.07 Å². The Balaban J connectivity index is 2.92. The van der Waals surface area contributed by atoms with E-state index in [1.54, 1.807) is 52.0 Å². The number of methoxy groups -OCH3 is 1. The first-order valence-corrected chi connectivity index (χ1v) is 6.77. The lowest BCUT2D eigenvalue weighted by atomic mass is 9.64. The molecule has 2 N–H and O–H groups in total. The molecule has 0 saturated heterocycles. The van der Waals surface area contributed by atoms with Crippen molar-refractivity contribution in [2.75, 3.05) is 12.4 Å². The summed E-state index contributed by atoms with van der Waals surface area (Å²) in [4.78, 5) is 24.1. The number of rotatable bonds is 5. The van der Waals surface area contributed by atoms with Crippen LogP contribution in [0.15, 0.2) is 30.3 Å². The molecule has 1 amide bonds. The predicted octanol–water partition coefficient (Wildman–Crippen LogP) is 2.21. The highest BCUT2D eigenvalue weighted by Gasteiger charge is 2.50. The summed E-state index contributed by atoms with van der Waals surface area (Å²) in [6.07, 6.45) is -1.35. The molecule has 1 rings (SSSR count). The van der Waals surface area contributed by atoms with E-state index in [1.165, 1.54) is 7.11 Å². The van der Waals surface area contributed by atoms with Gasteiger partial charge in [-0.3, -0.25) is 9.59 Å². The molecule has 5 nitrogen and oxygen atoms in total. The topological polar surface area (TPSA) is 75.6 Å². The first kappa shape index (κ1) is 17.2. The van der Waals surface area contributed by atoms with E-state index < -0.39 is 28.8 Å². The highest BCUT2D eigenvalue weighted by molar-refractivity contribution is 5.95. The molecule has 0 radical (unpaired) electrons. The summed E-state index contributed by atoms with van der Waals surface area (Å²) in [6.45, 7) is 6.63. The third-order valence-corrected chi connectivity index (χ3v) is 4.28. The van der Waals surface area contributed by atoms with E-state index in [0.29, 0.717) is 5.69 Å². The number of benzene rings is 1. The lowest BCUT2D eigenvalue weighted by Gasteiger charge is -2.41. The zero-order valence-corrected chi connectivity index (χ0v) is 13.1. The van der Waals surface area contributed by atoms with Gasteiger partial charge < -0.3 is 15.2 Å². The van der Waals surface area contributed by atoms with Crippen LogP contribution in [0.2, 0.25) is 0 Å². The molecule has 1 aromatic carbocycles. The van der Waals surface area contributed by atoms with E-state index in [-0.39, 0.29) is 0 Å². The molecule has 0 aliphatic carbocycles. The predicted molar refractivity (Wildman–Crippen MR) is 80.7 cm³/mol. The molecule has 1 unspecified atom stereocenters. The van der Waals surface area contributed by atoms with Gasteiger partial charge in [0.05, 0.1) is 12.5 Å². The first-order valence-electron chi connectivity index (χ1n) is 6.77. The Bertz CT molecular complexity index is 508. The fourth-order valence-electron chi connectivity index (χ4n) is 1.92. The average molecular weight is 293 g/mol. The molecular weight excluding hydrogens is 270 g/mol. The number of aliphatic hydroxyl groups is 1. The molecule has 116 valence electrons. The van der Waals surface area contributed by atoms with Crippen molar-refractivity contribution in [2.24, 2.45) is 10.8 Å². The Morgan fingerprint density at radius 2 is 1.67 bits per heavy atom.